The lowest BCUT2D eigenvalue weighted by Crippen LogP contribution is -2.40. The Balaban J connectivity index is 2.63. The van der Waals surface area contributed by atoms with Gasteiger partial charge in [-0.15, -0.1) is 28.5 Å². The molecule has 0 N–H and O–H groups in total. The number of fused-ring (bicyclic) bond motifs is 1. The molecule has 0 heterocycles. The smallest absolute Gasteiger partial charge is 0.119 e. The third-order valence-corrected chi connectivity index (χ3v) is 9.71. The molecule has 0 saturated carbocycles. The molecule has 0 aromatic heterocycles. The van der Waals surface area contributed by atoms with Crippen molar-refractivity contribution in [2.24, 2.45) is 0 Å². The lowest BCUT2D eigenvalue weighted by Gasteiger charge is -2.24. The minimum Gasteiger partial charge on any atom is -0.119 e. The van der Waals surface area contributed by atoms with E-state index in [1.807, 2.05) is 12.2 Å². The Hall–Kier alpha value is -1.12. The van der Waals surface area contributed by atoms with Crippen LogP contribution in [-0.4, -0.2) is 6.69 Å². The second-order valence-corrected chi connectivity index (χ2v) is 12.3. The van der Waals surface area contributed by atoms with Gasteiger partial charge in [-0.1, -0.05) is 54.6 Å². The topological polar surface area (TPSA) is 0 Å². The molecule has 18 heavy (non-hydrogen) atoms. The molecule has 0 saturated heterocycles. The average molecular weight is 317 g/mol. The van der Waals surface area contributed by atoms with E-state index in [9.17, 15) is 0 Å². The van der Waals surface area contributed by atoms with Crippen molar-refractivity contribution in [2.45, 2.75) is 12.1 Å². The van der Waals surface area contributed by atoms with E-state index in [0.717, 1.165) is 12.1 Å². The molecule has 0 aliphatic rings. The van der Waals surface area contributed by atoms with Crippen molar-refractivity contribution in [3.8, 4) is 0 Å². The molecule has 0 atom stereocenters. The summed E-state index contributed by atoms with van der Waals surface area (Å²) in [4.78, 5) is 0. The SMILES string of the molecule is C=CC[Si](Br)(CC=C)c1cccc2ccccc12. The first-order valence-electron chi connectivity index (χ1n) is 6.10. The maximum atomic E-state index is 4.03. The van der Waals surface area contributed by atoms with Crippen LogP contribution >= 0.6 is 15.3 Å². The van der Waals surface area contributed by atoms with Gasteiger partial charge in [0.1, 0.15) is 0 Å². The van der Waals surface area contributed by atoms with Gasteiger partial charge in [-0.2, -0.15) is 0 Å². The van der Waals surface area contributed by atoms with Gasteiger partial charge in [0.05, 0.1) is 0 Å². The zero-order valence-electron chi connectivity index (χ0n) is 10.4. The summed E-state index contributed by atoms with van der Waals surface area (Å²) in [6.45, 7) is 6.09. The summed E-state index contributed by atoms with van der Waals surface area (Å²) >= 11 is 4.03. The maximum absolute atomic E-state index is 4.03. The first kappa shape index (κ1) is 13.3. The minimum atomic E-state index is -1.71. The van der Waals surface area contributed by atoms with Gasteiger partial charge < -0.3 is 0 Å². The number of benzene rings is 2. The Morgan fingerprint density at radius 1 is 0.944 bits per heavy atom. The molecule has 0 unspecified atom stereocenters. The molecule has 2 aromatic rings. The van der Waals surface area contributed by atoms with Gasteiger partial charge in [0.15, 0.2) is 6.69 Å². The quantitative estimate of drug-likeness (QED) is 0.424. The molecule has 0 amide bonds. The molecule has 0 fully saturated rings. The van der Waals surface area contributed by atoms with Crippen LogP contribution in [0.2, 0.25) is 12.1 Å². The second kappa shape index (κ2) is 5.68. The minimum absolute atomic E-state index is 1.02. The van der Waals surface area contributed by atoms with E-state index in [4.69, 9.17) is 0 Å². The standard InChI is InChI=1S/C16H17BrSi/c1-3-12-18(17,13-4-2)16-11-7-9-14-8-5-6-10-15(14)16/h3-11H,1-2,12-13H2. The van der Waals surface area contributed by atoms with Crippen LogP contribution in [0.1, 0.15) is 0 Å². The van der Waals surface area contributed by atoms with E-state index in [2.05, 4.69) is 70.9 Å². The third kappa shape index (κ3) is 2.50. The number of hydrogen-bond acceptors (Lipinski definition) is 0. The van der Waals surface area contributed by atoms with Crippen molar-refractivity contribution in [2.75, 3.05) is 0 Å². The lowest BCUT2D eigenvalue weighted by atomic mass is 10.1. The molecule has 0 nitrogen and oxygen atoms in total. The summed E-state index contributed by atoms with van der Waals surface area (Å²) in [5.74, 6) is 0. The van der Waals surface area contributed by atoms with Crippen molar-refractivity contribution < 1.29 is 0 Å². The summed E-state index contributed by atoms with van der Waals surface area (Å²) in [7, 11) is 0. The fourth-order valence-electron chi connectivity index (χ4n) is 2.38. The van der Waals surface area contributed by atoms with Crippen LogP contribution in [0, 0.1) is 0 Å². The van der Waals surface area contributed by atoms with Crippen molar-refractivity contribution >= 4 is 37.9 Å². The maximum Gasteiger partial charge on any atom is 0.168 e. The normalized spacial score (nSPS) is 11.4. The predicted octanol–water partition coefficient (Wildman–Crippen LogP) is 4.76. The van der Waals surface area contributed by atoms with Crippen LogP contribution < -0.4 is 5.19 Å². The number of allylic oxidation sites excluding steroid dienone is 2. The lowest BCUT2D eigenvalue weighted by molar-refractivity contribution is 1.54. The van der Waals surface area contributed by atoms with Gasteiger partial charge in [0.25, 0.3) is 0 Å². The van der Waals surface area contributed by atoms with Gasteiger partial charge in [0.2, 0.25) is 0 Å². The van der Waals surface area contributed by atoms with Crippen LogP contribution in [-0.2, 0) is 0 Å². The number of rotatable bonds is 5. The second-order valence-electron chi connectivity index (χ2n) is 4.48. The van der Waals surface area contributed by atoms with Gasteiger partial charge in [0, 0.05) is 0 Å². The van der Waals surface area contributed by atoms with Gasteiger partial charge in [-0.25, -0.2) is 0 Å². The zero-order chi connectivity index (χ0) is 13.0. The molecule has 2 aromatic carbocycles. The van der Waals surface area contributed by atoms with Crippen molar-refractivity contribution in [3.63, 3.8) is 0 Å². The highest BCUT2D eigenvalue weighted by Gasteiger charge is 2.30. The summed E-state index contributed by atoms with van der Waals surface area (Å²) in [6, 6.07) is 17.2. The van der Waals surface area contributed by atoms with Crippen molar-refractivity contribution in [3.05, 3.63) is 67.8 Å². The van der Waals surface area contributed by atoms with E-state index in [1.165, 1.54) is 16.0 Å². The van der Waals surface area contributed by atoms with E-state index >= 15 is 0 Å². The Labute approximate surface area is 118 Å². The summed E-state index contributed by atoms with van der Waals surface area (Å²) in [5.41, 5.74) is 0. The first-order chi connectivity index (χ1) is 8.71. The Morgan fingerprint density at radius 2 is 1.56 bits per heavy atom. The van der Waals surface area contributed by atoms with E-state index < -0.39 is 6.69 Å². The van der Waals surface area contributed by atoms with Gasteiger partial charge in [-0.05, 0) is 28.0 Å². The molecule has 92 valence electrons. The van der Waals surface area contributed by atoms with Gasteiger partial charge >= 0.3 is 0 Å². The monoisotopic (exact) mass is 316 g/mol. The highest BCUT2D eigenvalue weighted by Crippen LogP contribution is 2.27. The fourth-order valence-corrected chi connectivity index (χ4v) is 7.41. The fraction of sp³-hybridized carbons (Fsp3) is 0.125. The summed E-state index contributed by atoms with van der Waals surface area (Å²) in [5, 5.41) is 4.10. The highest BCUT2D eigenvalue weighted by atomic mass is 79.9. The molecule has 2 rings (SSSR count). The Kier molecular flexibility index (Phi) is 4.20. The number of halogens is 1. The highest BCUT2D eigenvalue weighted by molar-refractivity contribution is 9.26. The first-order valence-corrected chi connectivity index (χ1v) is 10.8. The van der Waals surface area contributed by atoms with Crippen LogP contribution in [0.25, 0.3) is 10.8 Å². The van der Waals surface area contributed by atoms with E-state index in [0.29, 0.717) is 0 Å². The molecule has 0 spiro atoms. The summed E-state index contributed by atoms with van der Waals surface area (Å²) < 4.78 is 0. The summed E-state index contributed by atoms with van der Waals surface area (Å²) in [6.07, 6.45) is 4.04. The average Bonchev–Trinajstić information content (AvgIpc) is 2.38. The largest absolute Gasteiger partial charge is 0.168 e. The molecule has 2 heteroatoms. The molecular weight excluding hydrogens is 300 g/mol. The zero-order valence-corrected chi connectivity index (χ0v) is 13.0. The van der Waals surface area contributed by atoms with E-state index in [-0.39, 0.29) is 0 Å². The Bertz CT molecular complexity index is 559. The van der Waals surface area contributed by atoms with Gasteiger partial charge in [-0.3, -0.25) is 0 Å². The van der Waals surface area contributed by atoms with Crippen molar-refractivity contribution in [1.29, 1.82) is 0 Å². The van der Waals surface area contributed by atoms with Crippen LogP contribution in [0.15, 0.2) is 67.8 Å². The van der Waals surface area contributed by atoms with Crippen LogP contribution in [0.5, 0.6) is 0 Å². The third-order valence-electron chi connectivity index (χ3n) is 3.21. The molecule has 0 aliphatic carbocycles. The molecule has 0 aliphatic heterocycles. The predicted molar refractivity (Wildman–Crippen MR) is 88.3 cm³/mol. The van der Waals surface area contributed by atoms with Crippen LogP contribution in [0.4, 0.5) is 0 Å². The molecule has 0 radical (unpaired) electrons. The Morgan fingerprint density at radius 3 is 2.22 bits per heavy atom. The van der Waals surface area contributed by atoms with Crippen molar-refractivity contribution in [1.82, 2.24) is 0 Å². The number of hydrogen-bond donors (Lipinski definition) is 0. The molecule has 0 bridgehead atoms. The van der Waals surface area contributed by atoms with E-state index in [1.54, 1.807) is 0 Å². The van der Waals surface area contributed by atoms with Crippen LogP contribution in [0.3, 0.4) is 0 Å². The molecular formula is C16H17BrSi.